The Morgan fingerprint density at radius 1 is 1.36 bits per heavy atom. The molecule has 1 saturated carbocycles. The van der Waals surface area contributed by atoms with Gasteiger partial charge in [-0.25, -0.2) is 8.42 Å². The molecule has 1 aliphatic rings. The molecule has 0 radical (unpaired) electrons. The van der Waals surface area contributed by atoms with E-state index in [4.69, 9.17) is 10.7 Å². The van der Waals surface area contributed by atoms with Crippen LogP contribution < -0.4 is 0 Å². The minimum Gasteiger partial charge on any atom is -0.212 e. The maximum atomic E-state index is 10.6. The van der Waals surface area contributed by atoms with E-state index in [2.05, 4.69) is 6.92 Å². The summed E-state index contributed by atoms with van der Waals surface area (Å²) in [6, 6.07) is 0. The molecule has 0 aromatic heterocycles. The highest BCUT2D eigenvalue weighted by molar-refractivity contribution is 8.13. The zero-order valence-electron chi connectivity index (χ0n) is 6.59. The summed E-state index contributed by atoms with van der Waals surface area (Å²) in [6.07, 6.45) is 3.25. The lowest BCUT2D eigenvalue weighted by Gasteiger charge is -2.33. The lowest BCUT2D eigenvalue weighted by atomic mass is 9.75. The Labute approximate surface area is 72.4 Å². The van der Waals surface area contributed by atoms with Crippen molar-refractivity contribution in [2.45, 2.75) is 26.2 Å². The Kier molecular flexibility index (Phi) is 2.81. The zero-order chi connectivity index (χ0) is 8.48. The van der Waals surface area contributed by atoms with Gasteiger partial charge < -0.3 is 0 Å². The van der Waals surface area contributed by atoms with Gasteiger partial charge in [0.2, 0.25) is 9.05 Å². The summed E-state index contributed by atoms with van der Waals surface area (Å²) in [5.41, 5.74) is 0. The van der Waals surface area contributed by atoms with Crippen molar-refractivity contribution < 1.29 is 8.42 Å². The molecule has 0 aliphatic heterocycles. The smallest absolute Gasteiger partial charge is 0.212 e. The Morgan fingerprint density at radius 3 is 2.27 bits per heavy atom. The first-order valence-electron chi connectivity index (χ1n) is 3.93. The summed E-state index contributed by atoms with van der Waals surface area (Å²) in [5, 5.41) is 0. The highest BCUT2D eigenvalue weighted by Gasteiger charge is 2.30. The van der Waals surface area contributed by atoms with Gasteiger partial charge in [0, 0.05) is 10.7 Å². The largest absolute Gasteiger partial charge is 0.232 e. The van der Waals surface area contributed by atoms with E-state index in [0.717, 1.165) is 18.8 Å². The molecule has 4 heteroatoms. The standard InChI is InChI=1S/C7H13ClO2S/c1-2-6-3-7(4-6)5-11(8,9)10/h6-7H,2-5H2,1H3. The van der Waals surface area contributed by atoms with E-state index in [9.17, 15) is 8.42 Å². The van der Waals surface area contributed by atoms with Crippen molar-refractivity contribution >= 4 is 19.7 Å². The fourth-order valence-corrected chi connectivity index (χ4v) is 2.99. The molecule has 0 aromatic rings. The van der Waals surface area contributed by atoms with E-state index in [1.54, 1.807) is 0 Å². The molecule has 0 N–H and O–H groups in total. The summed E-state index contributed by atoms with van der Waals surface area (Å²) < 4.78 is 21.2. The fourth-order valence-electron chi connectivity index (χ4n) is 1.62. The Balaban J connectivity index is 2.24. The average molecular weight is 197 g/mol. The van der Waals surface area contributed by atoms with Crippen molar-refractivity contribution in [2.75, 3.05) is 5.75 Å². The molecule has 1 rings (SSSR count). The molecule has 0 aromatic carbocycles. The second-order valence-corrected chi connectivity index (χ2v) is 6.14. The lowest BCUT2D eigenvalue weighted by Crippen LogP contribution is -2.27. The second kappa shape index (κ2) is 3.31. The van der Waals surface area contributed by atoms with Gasteiger partial charge in [-0.1, -0.05) is 13.3 Å². The van der Waals surface area contributed by atoms with E-state index in [1.165, 1.54) is 6.42 Å². The van der Waals surface area contributed by atoms with Crippen LogP contribution in [0.5, 0.6) is 0 Å². The van der Waals surface area contributed by atoms with Gasteiger partial charge in [-0.05, 0) is 24.7 Å². The van der Waals surface area contributed by atoms with E-state index < -0.39 is 9.05 Å². The molecule has 0 heterocycles. The lowest BCUT2D eigenvalue weighted by molar-refractivity contribution is 0.209. The Morgan fingerprint density at radius 2 is 1.91 bits per heavy atom. The molecule has 0 saturated heterocycles. The van der Waals surface area contributed by atoms with E-state index in [1.807, 2.05) is 0 Å². The van der Waals surface area contributed by atoms with Crippen LogP contribution in [0.3, 0.4) is 0 Å². The van der Waals surface area contributed by atoms with Gasteiger partial charge in [0.1, 0.15) is 0 Å². The first-order valence-corrected chi connectivity index (χ1v) is 6.41. The summed E-state index contributed by atoms with van der Waals surface area (Å²) in [7, 11) is 1.86. The third-order valence-electron chi connectivity index (χ3n) is 2.35. The number of hydrogen-bond donors (Lipinski definition) is 0. The van der Waals surface area contributed by atoms with Crippen LogP contribution in [-0.2, 0) is 9.05 Å². The van der Waals surface area contributed by atoms with Crippen LogP contribution in [0, 0.1) is 11.8 Å². The molecule has 1 aliphatic carbocycles. The first kappa shape index (κ1) is 9.33. The predicted octanol–water partition coefficient (Wildman–Crippen LogP) is 1.99. The SMILES string of the molecule is CCC1CC(CS(=O)(=O)Cl)C1. The Bertz CT molecular complexity index is 217. The summed E-state index contributed by atoms with van der Waals surface area (Å²) >= 11 is 0. The maximum Gasteiger partial charge on any atom is 0.232 e. The minimum atomic E-state index is -3.24. The van der Waals surface area contributed by atoms with Crippen LogP contribution in [-0.4, -0.2) is 14.2 Å². The summed E-state index contributed by atoms with van der Waals surface area (Å²) in [5.74, 6) is 1.26. The van der Waals surface area contributed by atoms with Crippen LogP contribution in [0.15, 0.2) is 0 Å². The number of rotatable bonds is 3. The van der Waals surface area contributed by atoms with Gasteiger partial charge in [0.05, 0.1) is 5.75 Å². The molecule has 0 bridgehead atoms. The van der Waals surface area contributed by atoms with E-state index >= 15 is 0 Å². The summed E-state index contributed by atoms with van der Waals surface area (Å²) in [4.78, 5) is 0. The Hall–Kier alpha value is 0.240. The second-order valence-electron chi connectivity index (χ2n) is 3.32. The van der Waals surface area contributed by atoms with Crippen LogP contribution in [0.4, 0.5) is 0 Å². The molecule has 0 amide bonds. The van der Waals surface area contributed by atoms with Gasteiger partial charge in [-0.3, -0.25) is 0 Å². The topological polar surface area (TPSA) is 34.1 Å². The third kappa shape index (κ3) is 2.99. The minimum absolute atomic E-state index is 0.172. The fraction of sp³-hybridized carbons (Fsp3) is 1.00. The molecule has 66 valence electrons. The molecular weight excluding hydrogens is 184 g/mol. The van der Waals surface area contributed by atoms with Crippen LogP contribution >= 0.6 is 10.7 Å². The van der Waals surface area contributed by atoms with Crippen molar-refractivity contribution in [1.82, 2.24) is 0 Å². The molecule has 0 atom stereocenters. The van der Waals surface area contributed by atoms with E-state index in [0.29, 0.717) is 5.92 Å². The van der Waals surface area contributed by atoms with Crippen molar-refractivity contribution in [3.05, 3.63) is 0 Å². The first-order chi connectivity index (χ1) is 5.01. The van der Waals surface area contributed by atoms with Gasteiger partial charge in [0.25, 0.3) is 0 Å². The molecular formula is C7H13ClO2S. The van der Waals surface area contributed by atoms with E-state index in [-0.39, 0.29) is 5.75 Å². The van der Waals surface area contributed by atoms with Crippen molar-refractivity contribution in [3.8, 4) is 0 Å². The monoisotopic (exact) mass is 196 g/mol. The summed E-state index contributed by atoms with van der Waals surface area (Å²) in [6.45, 7) is 2.14. The third-order valence-corrected chi connectivity index (χ3v) is 3.59. The highest BCUT2D eigenvalue weighted by atomic mass is 35.7. The van der Waals surface area contributed by atoms with Gasteiger partial charge >= 0.3 is 0 Å². The average Bonchev–Trinajstić information content (AvgIpc) is 1.75. The van der Waals surface area contributed by atoms with Crippen LogP contribution in [0.25, 0.3) is 0 Å². The van der Waals surface area contributed by atoms with Crippen LogP contribution in [0.1, 0.15) is 26.2 Å². The van der Waals surface area contributed by atoms with Gasteiger partial charge in [-0.15, -0.1) is 0 Å². The van der Waals surface area contributed by atoms with Gasteiger partial charge in [0.15, 0.2) is 0 Å². The van der Waals surface area contributed by atoms with Crippen molar-refractivity contribution in [1.29, 1.82) is 0 Å². The molecule has 2 nitrogen and oxygen atoms in total. The molecule has 0 unspecified atom stereocenters. The molecule has 11 heavy (non-hydrogen) atoms. The van der Waals surface area contributed by atoms with Crippen molar-refractivity contribution in [2.24, 2.45) is 11.8 Å². The number of hydrogen-bond acceptors (Lipinski definition) is 2. The predicted molar refractivity (Wildman–Crippen MR) is 46.1 cm³/mol. The quantitative estimate of drug-likeness (QED) is 0.647. The number of halogens is 1. The van der Waals surface area contributed by atoms with Gasteiger partial charge in [-0.2, -0.15) is 0 Å². The van der Waals surface area contributed by atoms with Crippen LogP contribution in [0.2, 0.25) is 0 Å². The maximum absolute atomic E-state index is 10.6. The molecule has 0 spiro atoms. The van der Waals surface area contributed by atoms with Crippen molar-refractivity contribution in [3.63, 3.8) is 0 Å². The normalized spacial score (nSPS) is 31.5. The highest BCUT2D eigenvalue weighted by Crippen LogP contribution is 2.36. The molecule has 1 fully saturated rings. The zero-order valence-corrected chi connectivity index (χ0v) is 8.16.